The van der Waals surface area contributed by atoms with Gasteiger partial charge in [-0.1, -0.05) is 17.8 Å². The molecule has 4 aliphatic rings. The lowest BCUT2D eigenvalue weighted by Gasteiger charge is -2.39. The van der Waals surface area contributed by atoms with E-state index < -0.39 is 21.9 Å². The minimum absolute atomic E-state index is 0.0574. The van der Waals surface area contributed by atoms with Crippen LogP contribution in [-0.2, 0) is 10.3 Å². The first-order valence-corrected chi connectivity index (χ1v) is 14.1. The molecule has 2 aliphatic heterocycles. The lowest BCUT2D eigenvalue weighted by molar-refractivity contribution is -0.133. The Morgan fingerprint density at radius 3 is 2.69 bits per heavy atom. The summed E-state index contributed by atoms with van der Waals surface area (Å²) < 4.78 is 29.5. The Kier molecular flexibility index (Phi) is 6.47. The third-order valence-electron chi connectivity index (χ3n) is 8.42. The summed E-state index contributed by atoms with van der Waals surface area (Å²) in [5, 5.41) is 9.20. The number of aromatic nitrogens is 1. The Morgan fingerprint density at radius 2 is 2.03 bits per heavy atom. The molecular formula is C29H30F2N6OS. The fraction of sp³-hybridized carbons (Fsp3) is 0.448. The number of nitrogens with zero attached hydrogens (tertiary/aromatic N) is 5. The highest BCUT2D eigenvalue weighted by atomic mass is 32.2. The number of amides is 1. The largest absolute Gasteiger partial charge is 0.378 e. The number of aliphatic imine (C=N–C) groups is 1. The number of nitrogens with two attached hydrogens (primary N) is 1. The van der Waals surface area contributed by atoms with Gasteiger partial charge in [-0.05, 0) is 68.0 Å². The number of rotatable bonds is 6. The van der Waals surface area contributed by atoms with E-state index >= 15 is 4.39 Å². The van der Waals surface area contributed by atoms with Crippen molar-refractivity contribution in [2.24, 2.45) is 22.6 Å². The summed E-state index contributed by atoms with van der Waals surface area (Å²) in [6, 6.07) is 9.23. The number of fused-ring (bicyclic) bond motifs is 1. The molecule has 1 aromatic heterocycles. The van der Waals surface area contributed by atoms with Crippen LogP contribution in [0.2, 0.25) is 0 Å². The molecule has 1 amide bonds. The van der Waals surface area contributed by atoms with Gasteiger partial charge in [-0.15, -0.1) is 0 Å². The maximum Gasteiger partial charge on any atom is 0.239 e. The second kappa shape index (κ2) is 9.72. The fourth-order valence-electron chi connectivity index (χ4n) is 5.96. The Bertz CT molecular complexity index is 1410. The molecule has 2 aliphatic carbocycles. The van der Waals surface area contributed by atoms with Gasteiger partial charge in [-0.25, -0.2) is 8.78 Å². The van der Waals surface area contributed by atoms with Crippen molar-refractivity contribution in [3.8, 4) is 6.07 Å². The van der Waals surface area contributed by atoms with Crippen molar-refractivity contribution in [2.45, 2.75) is 36.5 Å². The molecule has 202 valence electrons. The lowest BCUT2D eigenvalue weighted by atomic mass is 9.84. The highest BCUT2D eigenvalue weighted by molar-refractivity contribution is 8.15. The van der Waals surface area contributed by atoms with Gasteiger partial charge in [0.05, 0.1) is 16.8 Å². The first-order chi connectivity index (χ1) is 18.7. The molecule has 3 fully saturated rings. The maximum atomic E-state index is 15.3. The molecule has 0 radical (unpaired) electrons. The van der Waals surface area contributed by atoms with Gasteiger partial charge in [-0.2, -0.15) is 5.26 Å². The molecular weight excluding hydrogens is 518 g/mol. The van der Waals surface area contributed by atoms with Crippen LogP contribution in [0.1, 0.15) is 48.6 Å². The molecule has 6 rings (SSSR count). The van der Waals surface area contributed by atoms with E-state index in [0.717, 1.165) is 25.6 Å². The maximum absolute atomic E-state index is 15.3. The van der Waals surface area contributed by atoms with Crippen LogP contribution in [0.25, 0.3) is 11.9 Å². The molecule has 7 nitrogen and oxygen atoms in total. The van der Waals surface area contributed by atoms with Crippen LogP contribution in [0.3, 0.4) is 0 Å². The summed E-state index contributed by atoms with van der Waals surface area (Å²) in [7, 11) is 0. The number of nitriles is 1. The number of piperazine rings is 1. The summed E-state index contributed by atoms with van der Waals surface area (Å²) in [5.41, 5.74) is 6.35. The van der Waals surface area contributed by atoms with E-state index in [2.05, 4.69) is 14.9 Å². The van der Waals surface area contributed by atoms with E-state index in [1.807, 2.05) is 17.9 Å². The minimum Gasteiger partial charge on any atom is -0.378 e. The lowest BCUT2D eigenvalue weighted by Crippen LogP contribution is -2.53. The average molecular weight is 549 g/mol. The van der Waals surface area contributed by atoms with Gasteiger partial charge in [0.15, 0.2) is 5.17 Å². The molecule has 2 saturated carbocycles. The number of thioether (sulfide) groups is 1. The zero-order chi connectivity index (χ0) is 27.4. The second-order valence-electron chi connectivity index (χ2n) is 11.2. The second-order valence-corrected chi connectivity index (χ2v) is 12.5. The molecule has 3 atom stereocenters. The summed E-state index contributed by atoms with van der Waals surface area (Å²) >= 11 is 1.30. The number of halogens is 2. The quantitative estimate of drug-likeness (QED) is 0.583. The predicted octanol–water partition coefficient (Wildman–Crippen LogP) is 4.15. The Labute approximate surface area is 230 Å². The zero-order valence-corrected chi connectivity index (χ0v) is 22.6. The van der Waals surface area contributed by atoms with Gasteiger partial charge in [0.2, 0.25) is 5.91 Å². The summed E-state index contributed by atoms with van der Waals surface area (Å²) in [5.74, 6) is -0.433. The number of carbonyl (C=O) groups excluding carboxylic acids is 1. The third-order valence-corrected chi connectivity index (χ3v) is 9.71. The molecule has 2 N–H and O–H groups in total. The van der Waals surface area contributed by atoms with Crippen molar-refractivity contribution >= 4 is 34.7 Å². The van der Waals surface area contributed by atoms with E-state index in [9.17, 15) is 9.18 Å². The molecule has 0 spiro atoms. The van der Waals surface area contributed by atoms with Crippen molar-refractivity contribution in [2.75, 3.05) is 32.7 Å². The molecule has 0 unspecified atom stereocenters. The summed E-state index contributed by atoms with van der Waals surface area (Å²) in [4.78, 5) is 26.9. The fourth-order valence-corrected chi connectivity index (χ4v) is 7.41. The topological polar surface area (TPSA) is 98.6 Å². The SMILES string of the molecule is C[C@]1(c2cc(C=C(F)c3ccc(C#N)cn3)ccc2F)N=C(N)S[C@@]2(C(=O)N3CCN(CC4CC4)CC3)C[C@H]21. The predicted molar refractivity (Wildman–Crippen MR) is 147 cm³/mol. The first-order valence-electron chi connectivity index (χ1n) is 13.3. The Balaban J connectivity index is 1.24. The molecule has 39 heavy (non-hydrogen) atoms. The summed E-state index contributed by atoms with van der Waals surface area (Å²) in [6.45, 7) is 6.05. The van der Waals surface area contributed by atoms with Gasteiger partial charge < -0.3 is 10.6 Å². The van der Waals surface area contributed by atoms with E-state index in [0.29, 0.717) is 30.6 Å². The van der Waals surface area contributed by atoms with Crippen LogP contribution in [0.5, 0.6) is 0 Å². The number of hydrogen-bond acceptors (Lipinski definition) is 7. The number of amidine groups is 1. The minimum atomic E-state index is -1.06. The number of carbonyl (C=O) groups is 1. The van der Waals surface area contributed by atoms with Crippen LogP contribution >= 0.6 is 11.8 Å². The van der Waals surface area contributed by atoms with Crippen LogP contribution in [0, 0.1) is 29.0 Å². The van der Waals surface area contributed by atoms with Crippen LogP contribution in [0.15, 0.2) is 41.5 Å². The first kappa shape index (κ1) is 26.0. The standard InChI is InChI=1S/C29H30F2N6OS/c1-28(21-12-19(4-6-22(21)30)13-23(31)24-7-5-20(15-32)16-34-24)25-14-29(25,39-27(33)35-28)26(38)37-10-8-36(9-11-37)17-18-2-3-18/h4-7,12-13,16,18,25H,2-3,8-11,14,17H2,1H3,(H2,33,35)/t25-,28+,29-/m0/s1. The van der Waals surface area contributed by atoms with Crippen molar-refractivity contribution in [1.82, 2.24) is 14.8 Å². The number of benzene rings is 1. The van der Waals surface area contributed by atoms with E-state index in [1.165, 1.54) is 61.1 Å². The smallest absolute Gasteiger partial charge is 0.239 e. The monoisotopic (exact) mass is 548 g/mol. The van der Waals surface area contributed by atoms with Gasteiger partial charge in [0.25, 0.3) is 0 Å². The van der Waals surface area contributed by atoms with Crippen LogP contribution in [-0.4, -0.2) is 63.3 Å². The third kappa shape index (κ3) is 4.83. The number of pyridine rings is 1. The van der Waals surface area contributed by atoms with Gasteiger partial charge in [-0.3, -0.25) is 19.7 Å². The van der Waals surface area contributed by atoms with Crippen molar-refractivity contribution in [3.05, 3.63) is 64.7 Å². The van der Waals surface area contributed by atoms with Gasteiger partial charge in [0, 0.05) is 50.4 Å². The van der Waals surface area contributed by atoms with E-state index in [-0.39, 0.29) is 28.3 Å². The molecule has 10 heteroatoms. The average Bonchev–Trinajstić information content (AvgIpc) is 3.86. The van der Waals surface area contributed by atoms with E-state index in [1.54, 1.807) is 6.07 Å². The molecule has 1 aromatic carbocycles. The van der Waals surface area contributed by atoms with Crippen molar-refractivity contribution in [1.29, 1.82) is 5.26 Å². The Morgan fingerprint density at radius 1 is 1.26 bits per heavy atom. The molecule has 3 heterocycles. The van der Waals surface area contributed by atoms with Crippen LogP contribution < -0.4 is 5.73 Å². The molecule has 1 saturated heterocycles. The summed E-state index contributed by atoms with van der Waals surface area (Å²) in [6.07, 6.45) is 5.75. The van der Waals surface area contributed by atoms with Crippen molar-refractivity contribution in [3.63, 3.8) is 0 Å². The molecule has 0 bridgehead atoms. The van der Waals surface area contributed by atoms with Crippen LogP contribution in [0.4, 0.5) is 8.78 Å². The van der Waals surface area contributed by atoms with Gasteiger partial charge in [0.1, 0.15) is 22.5 Å². The number of hydrogen-bond donors (Lipinski definition) is 1. The Hall–Kier alpha value is -3.29. The van der Waals surface area contributed by atoms with Crippen molar-refractivity contribution < 1.29 is 13.6 Å². The normalized spacial score (nSPS) is 28.9. The highest BCUT2D eigenvalue weighted by Gasteiger charge is 2.71. The van der Waals surface area contributed by atoms with Gasteiger partial charge >= 0.3 is 0 Å². The van der Waals surface area contributed by atoms with E-state index in [4.69, 9.17) is 11.0 Å². The highest BCUT2D eigenvalue weighted by Crippen LogP contribution is 2.66. The zero-order valence-electron chi connectivity index (χ0n) is 21.7. The molecule has 2 aromatic rings.